The highest BCUT2D eigenvalue weighted by Gasteiger charge is 2.15. The van der Waals surface area contributed by atoms with Crippen molar-refractivity contribution in [2.24, 2.45) is 7.05 Å². The lowest BCUT2D eigenvalue weighted by atomic mass is 10.1. The first-order valence-corrected chi connectivity index (χ1v) is 6.63. The Bertz CT molecular complexity index is 634. The standard InChI is InChI=1S/C15H16N2O3/c1-17-7-6-16-15(17)5-3-12(18)11-2-4-13-14(10-11)20-9-8-19-13/h2,4,6-7,10H,3,5,8-9H2,1H3. The summed E-state index contributed by atoms with van der Waals surface area (Å²) in [6.07, 6.45) is 4.69. The molecule has 1 aromatic heterocycles. The summed E-state index contributed by atoms with van der Waals surface area (Å²) in [6.45, 7) is 1.08. The topological polar surface area (TPSA) is 53.4 Å². The minimum absolute atomic E-state index is 0.0879. The van der Waals surface area contributed by atoms with Gasteiger partial charge in [0, 0.05) is 37.8 Å². The first-order chi connectivity index (χ1) is 9.74. The minimum atomic E-state index is 0.0879. The second-order valence-corrected chi connectivity index (χ2v) is 4.74. The zero-order valence-electron chi connectivity index (χ0n) is 11.3. The maximum Gasteiger partial charge on any atom is 0.163 e. The summed E-state index contributed by atoms with van der Waals surface area (Å²) in [5, 5.41) is 0. The van der Waals surface area contributed by atoms with Gasteiger partial charge in [-0.05, 0) is 18.2 Å². The summed E-state index contributed by atoms with van der Waals surface area (Å²) in [5.74, 6) is 2.36. The van der Waals surface area contributed by atoms with Crippen molar-refractivity contribution in [3.63, 3.8) is 0 Å². The number of Topliss-reactive ketones (excluding diaryl/α,β-unsaturated/α-hetero) is 1. The van der Waals surface area contributed by atoms with Gasteiger partial charge in [0.25, 0.3) is 0 Å². The summed E-state index contributed by atoms with van der Waals surface area (Å²) in [4.78, 5) is 16.4. The van der Waals surface area contributed by atoms with E-state index in [4.69, 9.17) is 9.47 Å². The molecule has 2 aromatic rings. The molecule has 2 heterocycles. The number of carbonyl (C=O) groups excluding carboxylic acids is 1. The number of aryl methyl sites for hydroxylation is 2. The molecule has 0 saturated heterocycles. The number of hydrogen-bond donors (Lipinski definition) is 0. The zero-order chi connectivity index (χ0) is 13.9. The fourth-order valence-corrected chi connectivity index (χ4v) is 2.22. The van der Waals surface area contributed by atoms with Gasteiger partial charge in [-0.3, -0.25) is 4.79 Å². The fraction of sp³-hybridized carbons (Fsp3) is 0.333. The second-order valence-electron chi connectivity index (χ2n) is 4.74. The highest BCUT2D eigenvalue weighted by Crippen LogP contribution is 2.31. The molecule has 0 N–H and O–H groups in total. The summed E-state index contributed by atoms with van der Waals surface area (Å²) in [6, 6.07) is 5.34. The van der Waals surface area contributed by atoms with E-state index in [1.54, 1.807) is 24.4 Å². The predicted octanol–water partition coefficient (Wildman–Crippen LogP) is 2.01. The van der Waals surface area contributed by atoms with E-state index in [0.29, 0.717) is 43.1 Å². The number of benzene rings is 1. The third kappa shape index (κ3) is 2.52. The van der Waals surface area contributed by atoms with E-state index in [1.165, 1.54) is 0 Å². The number of hydrogen-bond acceptors (Lipinski definition) is 4. The molecule has 0 aliphatic carbocycles. The van der Waals surface area contributed by atoms with Crippen molar-refractivity contribution in [1.29, 1.82) is 0 Å². The van der Waals surface area contributed by atoms with E-state index in [1.807, 2.05) is 17.8 Å². The maximum atomic E-state index is 12.2. The largest absolute Gasteiger partial charge is 0.486 e. The minimum Gasteiger partial charge on any atom is -0.486 e. The second kappa shape index (κ2) is 5.36. The van der Waals surface area contributed by atoms with Crippen LogP contribution in [0.5, 0.6) is 11.5 Å². The summed E-state index contributed by atoms with van der Waals surface area (Å²) in [5.41, 5.74) is 0.656. The molecule has 0 atom stereocenters. The van der Waals surface area contributed by atoms with Crippen LogP contribution in [0, 0.1) is 0 Å². The quantitative estimate of drug-likeness (QED) is 0.799. The number of ether oxygens (including phenoxy) is 2. The normalized spacial score (nSPS) is 13.2. The molecule has 1 aliphatic heterocycles. The number of rotatable bonds is 4. The first kappa shape index (κ1) is 12.7. The zero-order valence-corrected chi connectivity index (χ0v) is 11.3. The predicted molar refractivity (Wildman–Crippen MR) is 73.3 cm³/mol. The molecule has 0 radical (unpaired) electrons. The van der Waals surface area contributed by atoms with Crippen LogP contribution < -0.4 is 9.47 Å². The Morgan fingerprint density at radius 3 is 2.85 bits per heavy atom. The lowest BCUT2D eigenvalue weighted by Crippen LogP contribution is -2.16. The SMILES string of the molecule is Cn1ccnc1CCC(=O)c1ccc2c(c1)OCCO2. The van der Waals surface area contributed by atoms with Crippen molar-refractivity contribution < 1.29 is 14.3 Å². The van der Waals surface area contributed by atoms with Gasteiger partial charge < -0.3 is 14.0 Å². The average Bonchev–Trinajstić information content (AvgIpc) is 2.89. The van der Waals surface area contributed by atoms with Gasteiger partial charge in [0.15, 0.2) is 17.3 Å². The first-order valence-electron chi connectivity index (χ1n) is 6.63. The van der Waals surface area contributed by atoms with E-state index in [0.717, 1.165) is 5.82 Å². The maximum absolute atomic E-state index is 12.2. The molecule has 0 bridgehead atoms. The van der Waals surface area contributed by atoms with Crippen molar-refractivity contribution in [3.8, 4) is 11.5 Å². The molecule has 0 spiro atoms. The summed E-state index contributed by atoms with van der Waals surface area (Å²) >= 11 is 0. The molecule has 3 rings (SSSR count). The summed E-state index contributed by atoms with van der Waals surface area (Å²) < 4.78 is 12.9. The molecule has 20 heavy (non-hydrogen) atoms. The lowest BCUT2D eigenvalue weighted by Gasteiger charge is -2.18. The Hall–Kier alpha value is -2.30. The fourth-order valence-electron chi connectivity index (χ4n) is 2.22. The Balaban J connectivity index is 1.69. The van der Waals surface area contributed by atoms with Crippen LogP contribution in [0.2, 0.25) is 0 Å². The molecule has 1 aliphatic rings. The molecular weight excluding hydrogens is 256 g/mol. The van der Waals surface area contributed by atoms with Crippen molar-refractivity contribution in [3.05, 3.63) is 42.0 Å². The monoisotopic (exact) mass is 272 g/mol. The average molecular weight is 272 g/mol. The molecule has 0 amide bonds. The number of aromatic nitrogens is 2. The molecule has 0 saturated carbocycles. The van der Waals surface area contributed by atoms with Crippen LogP contribution in [-0.4, -0.2) is 28.5 Å². The smallest absolute Gasteiger partial charge is 0.163 e. The number of ketones is 1. The lowest BCUT2D eigenvalue weighted by molar-refractivity contribution is 0.0980. The van der Waals surface area contributed by atoms with Crippen molar-refractivity contribution >= 4 is 5.78 Å². The van der Waals surface area contributed by atoms with Crippen LogP contribution in [0.1, 0.15) is 22.6 Å². The number of fused-ring (bicyclic) bond motifs is 1. The van der Waals surface area contributed by atoms with Gasteiger partial charge in [0.1, 0.15) is 19.0 Å². The van der Waals surface area contributed by atoms with E-state index in [-0.39, 0.29) is 5.78 Å². The van der Waals surface area contributed by atoms with Crippen LogP contribution in [0.15, 0.2) is 30.6 Å². The van der Waals surface area contributed by atoms with Crippen LogP contribution in [0.25, 0.3) is 0 Å². The third-order valence-corrected chi connectivity index (χ3v) is 3.36. The molecule has 0 fully saturated rings. The molecule has 104 valence electrons. The Morgan fingerprint density at radius 1 is 1.30 bits per heavy atom. The Morgan fingerprint density at radius 2 is 2.10 bits per heavy atom. The van der Waals surface area contributed by atoms with E-state index in [9.17, 15) is 4.79 Å². The Labute approximate surface area is 117 Å². The van der Waals surface area contributed by atoms with Crippen LogP contribution in [-0.2, 0) is 13.5 Å². The number of imidazole rings is 1. The third-order valence-electron chi connectivity index (χ3n) is 3.36. The van der Waals surface area contributed by atoms with Crippen LogP contribution >= 0.6 is 0 Å². The van der Waals surface area contributed by atoms with Gasteiger partial charge in [-0.25, -0.2) is 4.98 Å². The van der Waals surface area contributed by atoms with Gasteiger partial charge in [-0.15, -0.1) is 0 Å². The van der Waals surface area contributed by atoms with E-state index in [2.05, 4.69) is 4.98 Å². The van der Waals surface area contributed by atoms with Gasteiger partial charge in [-0.2, -0.15) is 0 Å². The molecular formula is C15H16N2O3. The van der Waals surface area contributed by atoms with Gasteiger partial charge in [0.05, 0.1) is 0 Å². The highest BCUT2D eigenvalue weighted by molar-refractivity contribution is 5.96. The van der Waals surface area contributed by atoms with Crippen LogP contribution in [0.3, 0.4) is 0 Å². The van der Waals surface area contributed by atoms with Gasteiger partial charge in [-0.1, -0.05) is 0 Å². The van der Waals surface area contributed by atoms with Crippen LogP contribution in [0.4, 0.5) is 0 Å². The molecule has 5 heteroatoms. The van der Waals surface area contributed by atoms with E-state index >= 15 is 0 Å². The molecule has 0 unspecified atom stereocenters. The Kier molecular flexibility index (Phi) is 3.41. The molecule has 1 aromatic carbocycles. The van der Waals surface area contributed by atoms with Crippen molar-refractivity contribution in [2.75, 3.05) is 13.2 Å². The van der Waals surface area contributed by atoms with Gasteiger partial charge >= 0.3 is 0 Å². The highest BCUT2D eigenvalue weighted by atomic mass is 16.6. The number of carbonyl (C=O) groups is 1. The van der Waals surface area contributed by atoms with Gasteiger partial charge in [0.2, 0.25) is 0 Å². The van der Waals surface area contributed by atoms with E-state index < -0.39 is 0 Å². The molecule has 5 nitrogen and oxygen atoms in total. The van der Waals surface area contributed by atoms with Crippen molar-refractivity contribution in [2.45, 2.75) is 12.8 Å². The van der Waals surface area contributed by atoms with Crippen molar-refractivity contribution in [1.82, 2.24) is 9.55 Å². The summed E-state index contributed by atoms with van der Waals surface area (Å²) in [7, 11) is 1.93. The number of nitrogens with zero attached hydrogens (tertiary/aromatic N) is 2.